The molecule has 1 aliphatic carbocycles. The Balaban J connectivity index is 2.35. The largest absolute Gasteiger partial charge is 0.481 e. The van der Waals surface area contributed by atoms with Crippen LogP contribution in [0, 0.1) is 17.8 Å². The standard InChI is InChI=1S/C27H50O4/c1-4-5-6-7-10-13-16-25(17-14-11-8-9-12-15-22(2)3)31-27(30)24-20-18-23(19-21-24)26(28)29/h22-25H,4-21H2,1-3H3,(H,28,29). The first-order valence-electron chi connectivity index (χ1n) is 13.4. The molecule has 0 amide bonds. The van der Waals surface area contributed by atoms with Crippen molar-refractivity contribution in [1.29, 1.82) is 0 Å². The van der Waals surface area contributed by atoms with E-state index in [0.29, 0.717) is 25.7 Å². The molecule has 1 rings (SSSR count). The van der Waals surface area contributed by atoms with E-state index in [2.05, 4.69) is 20.8 Å². The van der Waals surface area contributed by atoms with Crippen LogP contribution in [0.15, 0.2) is 0 Å². The van der Waals surface area contributed by atoms with Crippen molar-refractivity contribution >= 4 is 11.9 Å². The predicted molar refractivity (Wildman–Crippen MR) is 128 cm³/mol. The van der Waals surface area contributed by atoms with Crippen LogP contribution in [-0.4, -0.2) is 23.1 Å². The monoisotopic (exact) mass is 438 g/mol. The lowest BCUT2D eigenvalue weighted by Gasteiger charge is -2.27. The average Bonchev–Trinajstić information content (AvgIpc) is 2.74. The van der Waals surface area contributed by atoms with Crippen LogP contribution in [0.2, 0.25) is 0 Å². The van der Waals surface area contributed by atoms with Gasteiger partial charge >= 0.3 is 11.9 Å². The summed E-state index contributed by atoms with van der Waals surface area (Å²) in [4.78, 5) is 23.9. The molecule has 1 aliphatic rings. The molecule has 31 heavy (non-hydrogen) atoms. The van der Waals surface area contributed by atoms with Crippen LogP contribution in [0.4, 0.5) is 0 Å². The summed E-state index contributed by atoms with van der Waals surface area (Å²) < 4.78 is 5.99. The van der Waals surface area contributed by atoms with Crippen LogP contribution < -0.4 is 0 Å². The van der Waals surface area contributed by atoms with Gasteiger partial charge in [-0.2, -0.15) is 0 Å². The van der Waals surface area contributed by atoms with Gasteiger partial charge in [-0.3, -0.25) is 9.59 Å². The van der Waals surface area contributed by atoms with Crippen molar-refractivity contribution in [2.24, 2.45) is 17.8 Å². The van der Waals surface area contributed by atoms with Crippen molar-refractivity contribution in [2.75, 3.05) is 0 Å². The summed E-state index contributed by atoms with van der Waals surface area (Å²) in [6, 6.07) is 0. The van der Waals surface area contributed by atoms with E-state index in [1.165, 1.54) is 64.2 Å². The van der Waals surface area contributed by atoms with Crippen LogP contribution in [0.3, 0.4) is 0 Å². The van der Waals surface area contributed by atoms with Crippen molar-refractivity contribution in [2.45, 2.75) is 142 Å². The molecule has 0 aromatic rings. The van der Waals surface area contributed by atoms with Crippen LogP contribution in [0.25, 0.3) is 0 Å². The van der Waals surface area contributed by atoms with E-state index in [-0.39, 0.29) is 23.9 Å². The normalized spacial score (nSPS) is 20.0. The predicted octanol–water partition coefficient (Wildman–Crippen LogP) is 7.93. The van der Waals surface area contributed by atoms with E-state index in [4.69, 9.17) is 9.84 Å². The number of carboxylic acid groups (broad SMARTS) is 1. The highest BCUT2D eigenvalue weighted by molar-refractivity contribution is 5.74. The highest BCUT2D eigenvalue weighted by atomic mass is 16.5. The topological polar surface area (TPSA) is 63.6 Å². The molecular formula is C27H50O4. The first-order chi connectivity index (χ1) is 14.9. The van der Waals surface area contributed by atoms with Crippen LogP contribution in [0.5, 0.6) is 0 Å². The summed E-state index contributed by atoms with van der Waals surface area (Å²) in [6.45, 7) is 6.81. The summed E-state index contributed by atoms with van der Waals surface area (Å²) in [5.41, 5.74) is 0. The van der Waals surface area contributed by atoms with Crippen LogP contribution >= 0.6 is 0 Å². The molecule has 182 valence electrons. The Morgan fingerprint density at radius 2 is 1.19 bits per heavy atom. The molecule has 1 saturated carbocycles. The lowest BCUT2D eigenvalue weighted by atomic mass is 9.82. The molecule has 0 aromatic heterocycles. The maximum Gasteiger partial charge on any atom is 0.309 e. The Hall–Kier alpha value is -1.06. The molecule has 4 heteroatoms. The van der Waals surface area contributed by atoms with Gasteiger partial charge in [0.15, 0.2) is 0 Å². The van der Waals surface area contributed by atoms with E-state index in [1.807, 2.05) is 0 Å². The molecular weight excluding hydrogens is 388 g/mol. The molecule has 0 saturated heterocycles. The minimum Gasteiger partial charge on any atom is -0.481 e. The third-order valence-corrected chi connectivity index (χ3v) is 6.88. The van der Waals surface area contributed by atoms with Gasteiger partial charge in [-0.25, -0.2) is 0 Å². The summed E-state index contributed by atoms with van der Waals surface area (Å²) >= 11 is 0. The fourth-order valence-corrected chi connectivity index (χ4v) is 4.71. The van der Waals surface area contributed by atoms with Gasteiger partial charge in [-0.05, 0) is 57.3 Å². The number of unbranched alkanes of at least 4 members (excludes halogenated alkanes) is 9. The molecule has 1 N–H and O–H groups in total. The Morgan fingerprint density at radius 1 is 0.742 bits per heavy atom. The van der Waals surface area contributed by atoms with Crippen LogP contribution in [0.1, 0.15) is 136 Å². The minimum absolute atomic E-state index is 0.0477. The maximum absolute atomic E-state index is 12.7. The fraction of sp³-hybridized carbons (Fsp3) is 0.926. The quantitative estimate of drug-likeness (QED) is 0.174. The Morgan fingerprint density at radius 3 is 1.68 bits per heavy atom. The number of carboxylic acids is 1. The van der Waals surface area contributed by atoms with E-state index >= 15 is 0 Å². The fourth-order valence-electron chi connectivity index (χ4n) is 4.71. The number of hydrogen-bond donors (Lipinski definition) is 1. The Labute approximate surface area is 191 Å². The second kappa shape index (κ2) is 17.5. The summed E-state index contributed by atoms with van der Waals surface area (Å²) in [6.07, 6.45) is 19.7. The van der Waals surface area contributed by atoms with Crippen molar-refractivity contribution in [3.63, 3.8) is 0 Å². The van der Waals surface area contributed by atoms with E-state index in [0.717, 1.165) is 31.6 Å². The third-order valence-electron chi connectivity index (χ3n) is 6.88. The summed E-state index contributed by atoms with van der Waals surface area (Å²) in [5.74, 6) is -0.373. The first-order valence-corrected chi connectivity index (χ1v) is 13.4. The maximum atomic E-state index is 12.7. The summed E-state index contributed by atoms with van der Waals surface area (Å²) in [5, 5.41) is 9.17. The smallest absolute Gasteiger partial charge is 0.309 e. The number of aliphatic carboxylic acids is 1. The second-order valence-corrected chi connectivity index (χ2v) is 10.2. The number of rotatable bonds is 18. The molecule has 1 unspecified atom stereocenters. The van der Waals surface area contributed by atoms with Crippen molar-refractivity contribution in [3.8, 4) is 0 Å². The SMILES string of the molecule is CCCCCCCCC(CCCCCCCC(C)C)OC(=O)C1CCC(C(=O)O)CC1. The molecule has 1 fully saturated rings. The van der Waals surface area contributed by atoms with Gasteiger partial charge in [-0.15, -0.1) is 0 Å². The zero-order valence-electron chi connectivity index (χ0n) is 20.7. The highest BCUT2D eigenvalue weighted by Gasteiger charge is 2.31. The van der Waals surface area contributed by atoms with Crippen molar-refractivity contribution in [1.82, 2.24) is 0 Å². The molecule has 0 aromatic carbocycles. The van der Waals surface area contributed by atoms with E-state index in [9.17, 15) is 9.59 Å². The average molecular weight is 439 g/mol. The van der Waals surface area contributed by atoms with Gasteiger partial charge in [-0.1, -0.05) is 85.0 Å². The van der Waals surface area contributed by atoms with Gasteiger partial charge in [0.05, 0.1) is 11.8 Å². The number of esters is 1. The Bertz CT molecular complexity index is 466. The summed E-state index contributed by atoms with van der Waals surface area (Å²) in [7, 11) is 0. The van der Waals surface area contributed by atoms with E-state index in [1.54, 1.807) is 0 Å². The molecule has 0 heterocycles. The van der Waals surface area contributed by atoms with Crippen molar-refractivity contribution < 1.29 is 19.4 Å². The van der Waals surface area contributed by atoms with Crippen molar-refractivity contribution in [3.05, 3.63) is 0 Å². The zero-order chi connectivity index (χ0) is 22.9. The first kappa shape index (κ1) is 28.0. The number of ether oxygens (including phenoxy) is 1. The molecule has 0 radical (unpaired) electrons. The highest BCUT2D eigenvalue weighted by Crippen LogP contribution is 2.30. The van der Waals surface area contributed by atoms with Gasteiger partial charge < -0.3 is 9.84 Å². The van der Waals surface area contributed by atoms with Crippen LogP contribution in [-0.2, 0) is 14.3 Å². The zero-order valence-corrected chi connectivity index (χ0v) is 20.7. The second-order valence-electron chi connectivity index (χ2n) is 10.2. The molecule has 4 nitrogen and oxygen atoms in total. The van der Waals surface area contributed by atoms with Gasteiger partial charge in [0, 0.05) is 0 Å². The Kier molecular flexibility index (Phi) is 15.8. The number of hydrogen-bond acceptors (Lipinski definition) is 3. The van der Waals surface area contributed by atoms with Gasteiger partial charge in [0.1, 0.15) is 6.10 Å². The molecule has 0 spiro atoms. The molecule has 0 aliphatic heterocycles. The van der Waals surface area contributed by atoms with Gasteiger partial charge in [0.2, 0.25) is 0 Å². The lowest BCUT2D eigenvalue weighted by Crippen LogP contribution is -2.29. The number of carbonyl (C=O) groups excluding carboxylic acids is 1. The third kappa shape index (κ3) is 13.9. The van der Waals surface area contributed by atoms with Gasteiger partial charge in [0.25, 0.3) is 0 Å². The lowest BCUT2D eigenvalue weighted by molar-refractivity contribution is -0.158. The number of carbonyl (C=O) groups is 2. The molecule has 0 bridgehead atoms. The minimum atomic E-state index is -0.721. The van der Waals surface area contributed by atoms with E-state index < -0.39 is 5.97 Å². The molecule has 1 atom stereocenters.